The van der Waals surface area contributed by atoms with Crippen molar-refractivity contribution in [2.24, 2.45) is 5.18 Å². The summed E-state index contributed by atoms with van der Waals surface area (Å²) in [7, 11) is 0. The molecule has 7 nitrogen and oxygen atoms in total. The quantitative estimate of drug-likeness (QED) is 0.738. The molecular formula is C18H16N4O3. The number of amides is 1. The van der Waals surface area contributed by atoms with Crippen molar-refractivity contribution in [2.75, 3.05) is 0 Å². The Morgan fingerprint density at radius 3 is 2.60 bits per heavy atom. The van der Waals surface area contributed by atoms with Crippen molar-refractivity contribution in [3.8, 4) is 17.1 Å². The van der Waals surface area contributed by atoms with Gasteiger partial charge in [0, 0.05) is 28.7 Å². The van der Waals surface area contributed by atoms with Gasteiger partial charge in [0.25, 0.3) is 0 Å². The molecule has 2 heterocycles. The van der Waals surface area contributed by atoms with E-state index >= 15 is 0 Å². The minimum Gasteiger partial charge on any atom is -0.508 e. The van der Waals surface area contributed by atoms with Crippen LogP contribution >= 0.6 is 0 Å². The van der Waals surface area contributed by atoms with Gasteiger partial charge >= 0.3 is 5.91 Å². The van der Waals surface area contributed by atoms with Crippen LogP contribution in [0, 0.1) is 18.8 Å². The first-order chi connectivity index (χ1) is 12.0. The van der Waals surface area contributed by atoms with Crippen LogP contribution < -0.4 is 0 Å². The molecule has 0 spiro atoms. The molecule has 1 amide bonds. The molecule has 7 heteroatoms. The summed E-state index contributed by atoms with van der Waals surface area (Å²) < 4.78 is 1.60. The van der Waals surface area contributed by atoms with E-state index in [0.717, 1.165) is 11.1 Å². The highest BCUT2D eigenvalue weighted by molar-refractivity contribution is 5.95. The second-order valence-electron chi connectivity index (χ2n) is 5.72. The summed E-state index contributed by atoms with van der Waals surface area (Å²) in [5.41, 5.74) is 2.85. The molecule has 0 atom stereocenters. The average molecular weight is 336 g/mol. The van der Waals surface area contributed by atoms with Gasteiger partial charge in [-0.05, 0) is 32.0 Å². The molecule has 0 saturated heterocycles. The number of imidazole rings is 1. The van der Waals surface area contributed by atoms with E-state index in [1.54, 1.807) is 48.1 Å². The SMILES string of the molecule is Cc1ccc(O)c(Cn2c(-c3ccncc3)nc(C)c2C(=O)N=O)c1. The summed E-state index contributed by atoms with van der Waals surface area (Å²) in [4.78, 5) is 31.3. The van der Waals surface area contributed by atoms with Crippen molar-refractivity contribution in [1.82, 2.24) is 14.5 Å². The average Bonchev–Trinajstić information content (AvgIpc) is 2.94. The number of carbonyl (C=O) groups is 1. The molecule has 0 saturated carbocycles. The summed E-state index contributed by atoms with van der Waals surface area (Å²) in [5, 5.41) is 12.7. The van der Waals surface area contributed by atoms with Crippen LogP contribution in [0.2, 0.25) is 0 Å². The maximum Gasteiger partial charge on any atom is 0.334 e. The Kier molecular flexibility index (Phi) is 4.38. The topological polar surface area (TPSA) is 97.4 Å². The number of hydrogen-bond donors (Lipinski definition) is 1. The molecule has 25 heavy (non-hydrogen) atoms. The van der Waals surface area contributed by atoms with Crippen molar-refractivity contribution >= 4 is 5.91 Å². The van der Waals surface area contributed by atoms with E-state index in [-0.39, 0.29) is 18.0 Å². The zero-order valence-electron chi connectivity index (χ0n) is 13.8. The maximum absolute atomic E-state index is 12.0. The monoisotopic (exact) mass is 336 g/mol. The van der Waals surface area contributed by atoms with Gasteiger partial charge in [0.05, 0.1) is 12.2 Å². The Bertz CT molecular complexity index is 948. The van der Waals surface area contributed by atoms with Gasteiger partial charge in [-0.3, -0.25) is 9.78 Å². The van der Waals surface area contributed by atoms with Crippen molar-refractivity contribution in [3.05, 3.63) is 70.1 Å². The third-order valence-electron chi connectivity index (χ3n) is 3.93. The number of phenols is 1. The lowest BCUT2D eigenvalue weighted by Crippen LogP contribution is -2.11. The van der Waals surface area contributed by atoms with E-state index in [9.17, 15) is 14.8 Å². The molecule has 126 valence electrons. The van der Waals surface area contributed by atoms with Gasteiger partial charge in [0.1, 0.15) is 17.3 Å². The maximum atomic E-state index is 12.0. The van der Waals surface area contributed by atoms with E-state index in [1.807, 2.05) is 13.0 Å². The van der Waals surface area contributed by atoms with Crippen molar-refractivity contribution in [3.63, 3.8) is 0 Å². The number of carbonyl (C=O) groups excluding carboxylic acids is 1. The van der Waals surface area contributed by atoms with Gasteiger partial charge in [-0.25, -0.2) is 4.98 Å². The Balaban J connectivity index is 2.20. The minimum absolute atomic E-state index is 0.107. The number of aromatic hydroxyl groups is 1. The molecule has 1 N–H and O–H groups in total. The summed E-state index contributed by atoms with van der Waals surface area (Å²) >= 11 is 0. The number of pyridine rings is 1. The van der Waals surface area contributed by atoms with Gasteiger partial charge in [0.15, 0.2) is 0 Å². The van der Waals surface area contributed by atoms with Gasteiger partial charge in [-0.2, -0.15) is 0 Å². The summed E-state index contributed by atoms with van der Waals surface area (Å²) in [5.74, 6) is -0.277. The molecule has 0 radical (unpaired) electrons. The van der Waals surface area contributed by atoms with Crippen LogP contribution in [0.25, 0.3) is 11.4 Å². The molecule has 0 aliphatic carbocycles. The summed E-state index contributed by atoms with van der Waals surface area (Å²) in [6.45, 7) is 3.74. The lowest BCUT2D eigenvalue weighted by molar-refractivity contribution is 0.0992. The standard InChI is InChI=1S/C18H16N4O3/c1-11-3-4-15(23)14(9-11)10-22-16(18(24)21-25)12(2)20-17(22)13-5-7-19-8-6-13/h3-9,23H,10H2,1-2H3. The Labute approximate surface area is 144 Å². The van der Waals surface area contributed by atoms with Gasteiger partial charge in [-0.1, -0.05) is 17.7 Å². The number of aryl methyl sites for hydroxylation is 2. The number of nitrogens with zero attached hydrogens (tertiary/aromatic N) is 4. The van der Waals surface area contributed by atoms with E-state index < -0.39 is 5.91 Å². The number of hydrogen-bond acceptors (Lipinski definition) is 5. The molecule has 1 aromatic carbocycles. The number of nitroso groups, excluding NO2 is 1. The van der Waals surface area contributed by atoms with Crippen LogP contribution in [0.3, 0.4) is 0 Å². The van der Waals surface area contributed by atoms with Crippen molar-refractivity contribution in [2.45, 2.75) is 20.4 Å². The van der Waals surface area contributed by atoms with E-state index in [0.29, 0.717) is 17.1 Å². The van der Waals surface area contributed by atoms with Gasteiger partial charge in [-0.15, -0.1) is 4.91 Å². The van der Waals surface area contributed by atoms with Crippen LogP contribution in [-0.2, 0) is 6.54 Å². The zero-order chi connectivity index (χ0) is 18.0. The molecule has 0 fully saturated rings. The number of benzene rings is 1. The van der Waals surface area contributed by atoms with E-state index in [2.05, 4.69) is 15.1 Å². The molecular weight excluding hydrogens is 320 g/mol. The predicted octanol–water partition coefficient (Wildman–Crippen LogP) is 3.22. The smallest absolute Gasteiger partial charge is 0.334 e. The normalized spacial score (nSPS) is 10.6. The highest BCUT2D eigenvalue weighted by Crippen LogP contribution is 2.27. The Morgan fingerprint density at radius 1 is 1.20 bits per heavy atom. The van der Waals surface area contributed by atoms with Crippen LogP contribution in [0.4, 0.5) is 0 Å². The first kappa shape index (κ1) is 16.5. The minimum atomic E-state index is -0.891. The molecule has 0 unspecified atom stereocenters. The predicted molar refractivity (Wildman–Crippen MR) is 92.3 cm³/mol. The fraction of sp³-hybridized carbons (Fsp3) is 0.167. The van der Waals surface area contributed by atoms with Crippen molar-refractivity contribution < 1.29 is 9.90 Å². The highest BCUT2D eigenvalue weighted by Gasteiger charge is 2.23. The lowest BCUT2D eigenvalue weighted by atomic mass is 10.1. The van der Waals surface area contributed by atoms with Gasteiger partial charge < -0.3 is 9.67 Å². The van der Waals surface area contributed by atoms with Crippen LogP contribution in [0.15, 0.2) is 47.9 Å². The van der Waals surface area contributed by atoms with E-state index in [1.165, 1.54) is 0 Å². The first-order valence-corrected chi connectivity index (χ1v) is 7.65. The van der Waals surface area contributed by atoms with Crippen molar-refractivity contribution in [1.29, 1.82) is 0 Å². The third-order valence-corrected chi connectivity index (χ3v) is 3.93. The Hall–Kier alpha value is -3.35. The van der Waals surface area contributed by atoms with Crippen LogP contribution in [-0.4, -0.2) is 25.5 Å². The summed E-state index contributed by atoms with van der Waals surface area (Å²) in [6, 6.07) is 8.73. The molecule has 3 aromatic rings. The second kappa shape index (κ2) is 6.64. The van der Waals surface area contributed by atoms with E-state index in [4.69, 9.17) is 0 Å². The fourth-order valence-electron chi connectivity index (χ4n) is 2.77. The largest absolute Gasteiger partial charge is 0.508 e. The van der Waals surface area contributed by atoms with Crippen LogP contribution in [0.1, 0.15) is 27.3 Å². The number of rotatable bonds is 4. The molecule has 3 rings (SSSR count). The van der Waals surface area contributed by atoms with Crippen LogP contribution in [0.5, 0.6) is 5.75 Å². The highest BCUT2D eigenvalue weighted by atomic mass is 16.3. The molecule has 2 aromatic heterocycles. The zero-order valence-corrected chi connectivity index (χ0v) is 13.8. The summed E-state index contributed by atoms with van der Waals surface area (Å²) in [6.07, 6.45) is 3.24. The molecule has 0 aliphatic heterocycles. The fourth-order valence-corrected chi connectivity index (χ4v) is 2.77. The first-order valence-electron chi connectivity index (χ1n) is 7.65. The van der Waals surface area contributed by atoms with Gasteiger partial charge in [0.2, 0.25) is 0 Å². The number of aromatic nitrogens is 3. The Morgan fingerprint density at radius 2 is 1.92 bits per heavy atom. The third kappa shape index (κ3) is 3.16. The lowest BCUT2D eigenvalue weighted by Gasteiger charge is -2.12. The molecule has 0 aliphatic rings. The second-order valence-corrected chi connectivity index (χ2v) is 5.72. The molecule has 0 bridgehead atoms. The number of phenolic OH excluding ortho intramolecular Hbond substituents is 1.